The van der Waals surface area contributed by atoms with Crippen LogP contribution in [0.15, 0.2) is 0 Å². The Kier molecular flexibility index (Phi) is 4.47. The Morgan fingerprint density at radius 2 is 2.05 bits per heavy atom. The number of rotatable bonds is 6. The molecule has 2 fully saturated rings. The van der Waals surface area contributed by atoms with Crippen LogP contribution in [0.4, 0.5) is 0 Å². The van der Waals surface area contributed by atoms with Gasteiger partial charge in [0.2, 0.25) is 15.9 Å². The molecule has 0 spiro atoms. The van der Waals surface area contributed by atoms with Crippen LogP contribution in [0.5, 0.6) is 0 Å². The van der Waals surface area contributed by atoms with E-state index >= 15 is 0 Å². The van der Waals surface area contributed by atoms with Gasteiger partial charge in [-0.25, -0.2) is 13.1 Å². The Morgan fingerprint density at radius 3 is 2.58 bits per heavy atom. The molecule has 2 atom stereocenters. The third-order valence-corrected chi connectivity index (χ3v) is 4.56. The summed E-state index contributed by atoms with van der Waals surface area (Å²) in [7, 11) is -1.66. The molecule has 1 saturated carbocycles. The van der Waals surface area contributed by atoms with E-state index in [0.29, 0.717) is 32.0 Å². The molecule has 6 nitrogen and oxygen atoms in total. The molecule has 2 rings (SSSR count). The average Bonchev–Trinajstić information content (AvgIpc) is 3.07. The summed E-state index contributed by atoms with van der Waals surface area (Å²) in [4.78, 5) is 13.7. The Balaban J connectivity index is 1.97. The molecular formula is C12H22N2O4S. The summed E-state index contributed by atoms with van der Waals surface area (Å²) in [6.07, 6.45) is 3.82. The topological polar surface area (TPSA) is 75.7 Å². The molecule has 1 saturated heterocycles. The van der Waals surface area contributed by atoms with Gasteiger partial charge in [0.25, 0.3) is 0 Å². The lowest BCUT2D eigenvalue weighted by atomic mass is 9.99. The number of hydrogen-bond donors (Lipinski definition) is 1. The molecule has 0 aromatic carbocycles. The maximum Gasteiger partial charge on any atom is 0.224 e. The second kappa shape index (κ2) is 5.76. The molecule has 7 heteroatoms. The molecule has 2 unspecified atom stereocenters. The minimum absolute atomic E-state index is 0.0466. The first kappa shape index (κ1) is 14.7. The van der Waals surface area contributed by atoms with Crippen molar-refractivity contribution < 1.29 is 17.9 Å². The minimum atomic E-state index is -3.22. The Bertz CT molecular complexity index is 433. The third-order valence-electron chi connectivity index (χ3n) is 3.83. The van der Waals surface area contributed by atoms with Crippen molar-refractivity contribution >= 4 is 15.9 Å². The van der Waals surface area contributed by atoms with Crippen LogP contribution in [-0.4, -0.2) is 58.3 Å². The number of nitrogens with one attached hydrogen (secondary N) is 1. The van der Waals surface area contributed by atoms with Gasteiger partial charge in [-0.15, -0.1) is 0 Å². The summed E-state index contributed by atoms with van der Waals surface area (Å²) in [6, 6.07) is -0.131. The van der Waals surface area contributed by atoms with Gasteiger partial charge < -0.3 is 9.64 Å². The van der Waals surface area contributed by atoms with E-state index in [1.807, 2.05) is 0 Å². The van der Waals surface area contributed by atoms with E-state index in [9.17, 15) is 13.2 Å². The molecule has 0 aromatic heterocycles. The van der Waals surface area contributed by atoms with Crippen molar-refractivity contribution in [1.82, 2.24) is 9.62 Å². The van der Waals surface area contributed by atoms with E-state index in [0.717, 1.165) is 12.8 Å². The first-order chi connectivity index (χ1) is 8.90. The summed E-state index contributed by atoms with van der Waals surface area (Å²) < 4.78 is 30.4. The normalized spacial score (nSPS) is 27.8. The second-order valence-corrected chi connectivity index (χ2v) is 7.32. The Morgan fingerprint density at radius 1 is 1.37 bits per heavy atom. The van der Waals surface area contributed by atoms with Gasteiger partial charge in [0, 0.05) is 26.2 Å². The summed E-state index contributed by atoms with van der Waals surface area (Å²) >= 11 is 0. The highest BCUT2D eigenvalue weighted by Crippen LogP contribution is 2.41. The largest absolute Gasteiger partial charge is 0.384 e. The molecule has 1 aliphatic carbocycles. The van der Waals surface area contributed by atoms with Crippen LogP contribution >= 0.6 is 0 Å². The highest BCUT2D eigenvalue weighted by molar-refractivity contribution is 7.88. The Hall–Kier alpha value is -0.660. The number of nitrogens with zero attached hydrogens (tertiary/aromatic N) is 1. The molecule has 19 heavy (non-hydrogen) atoms. The van der Waals surface area contributed by atoms with Crippen LogP contribution in [0.1, 0.15) is 19.3 Å². The minimum Gasteiger partial charge on any atom is -0.384 e. The maximum absolute atomic E-state index is 12.0. The van der Waals surface area contributed by atoms with Crippen LogP contribution in [0, 0.1) is 11.8 Å². The number of carbonyl (C=O) groups is 1. The van der Waals surface area contributed by atoms with Gasteiger partial charge >= 0.3 is 0 Å². The number of sulfonamides is 1. The van der Waals surface area contributed by atoms with Crippen molar-refractivity contribution in [2.75, 3.05) is 33.1 Å². The van der Waals surface area contributed by atoms with Gasteiger partial charge in [0.1, 0.15) is 0 Å². The summed E-state index contributed by atoms with van der Waals surface area (Å²) in [5.74, 6) is 0.881. The van der Waals surface area contributed by atoms with Gasteiger partial charge in [-0.05, 0) is 24.7 Å². The molecule has 1 amide bonds. The average molecular weight is 290 g/mol. The van der Waals surface area contributed by atoms with Gasteiger partial charge in [-0.2, -0.15) is 0 Å². The van der Waals surface area contributed by atoms with Crippen LogP contribution in [0.2, 0.25) is 0 Å². The fraction of sp³-hybridized carbons (Fsp3) is 0.917. The summed E-state index contributed by atoms with van der Waals surface area (Å²) in [5.41, 5.74) is 0. The number of likely N-dealkylation sites (tertiary alicyclic amines) is 1. The van der Waals surface area contributed by atoms with Crippen molar-refractivity contribution in [3.05, 3.63) is 0 Å². The van der Waals surface area contributed by atoms with Crippen molar-refractivity contribution in [2.45, 2.75) is 25.3 Å². The van der Waals surface area contributed by atoms with E-state index in [4.69, 9.17) is 4.74 Å². The van der Waals surface area contributed by atoms with Crippen molar-refractivity contribution in [3.63, 3.8) is 0 Å². The first-order valence-corrected chi connectivity index (χ1v) is 8.54. The predicted molar refractivity (Wildman–Crippen MR) is 71.1 cm³/mol. The quantitative estimate of drug-likeness (QED) is 0.735. The van der Waals surface area contributed by atoms with Gasteiger partial charge in [-0.1, -0.05) is 0 Å². The standard InChI is InChI=1S/C12H22N2O4S/c1-18-6-5-12(15)14-7-10(9-3-4-9)11(8-14)13-19(2,16)17/h9-11,13H,3-8H2,1-2H3. The summed E-state index contributed by atoms with van der Waals surface area (Å²) in [6.45, 7) is 1.56. The summed E-state index contributed by atoms with van der Waals surface area (Å²) in [5, 5.41) is 0. The number of hydrogen-bond acceptors (Lipinski definition) is 4. The van der Waals surface area contributed by atoms with E-state index in [1.54, 1.807) is 12.0 Å². The number of carbonyl (C=O) groups excluding carboxylic acids is 1. The molecular weight excluding hydrogens is 268 g/mol. The van der Waals surface area contributed by atoms with Gasteiger partial charge in [0.15, 0.2) is 0 Å². The maximum atomic E-state index is 12.0. The van der Waals surface area contributed by atoms with E-state index < -0.39 is 10.0 Å². The zero-order chi connectivity index (χ0) is 14.0. The van der Waals surface area contributed by atoms with Crippen molar-refractivity contribution in [2.24, 2.45) is 11.8 Å². The Labute approximate surface area is 114 Å². The second-order valence-electron chi connectivity index (χ2n) is 5.54. The van der Waals surface area contributed by atoms with Crippen molar-refractivity contribution in [1.29, 1.82) is 0 Å². The highest BCUT2D eigenvalue weighted by atomic mass is 32.2. The zero-order valence-corrected chi connectivity index (χ0v) is 12.3. The van der Waals surface area contributed by atoms with Crippen LogP contribution in [0.3, 0.4) is 0 Å². The zero-order valence-electron chi connectivity index (χ0n) is 11.5. The third kappa shape index (κ3) is 4.15. The molecule has 0 aromatic rings. The molecule has 0 radical (unpaired) electrons. The van der Waals surface area contributed by atoms with Crippen LogP contribution in [0.25, 0.3) is 0 Å². The smallest absolute Gasteiger partial charge is 0.224 e. The first-order valence-electron chi connectivity index (χ1n) is 6.64. The van der Waals surface area contributed by atoms with Gasteiger partial charge in [0.05, 0.1) is 19.3 Å². The molecule has 1 N–H and O–H groups in total. The SMILES string of the molecule is COCCC(=O)N1CC(NS(C)(=O)=O)C(C2CC2)C1. The number of amides is 1. The molecule has 1 heterocycles. The monoisotopic (exact) mass is 290 g/mol. The number of ether oxygens (including phenoxy) is 1. The lowest BCUT2D eigenvalue weighted by Gasteiger charge is -2.17. The van der Waals surface area contributed by atoms with E-state index in [-0.39, 0.29) is 17.9 Å². The highest BCUT2D eigenvalue weighted by Gasteiger charge is 2.44. The predicted octanol–water partition coefficient (Wildman–Crippen LogP) is -0.191. The van der Waals surface area contributed by atoms with E-state index in [2.05, 4.69) is 4.72 Å². The molecule has 2 aliphatic rings. The van der Waals surface area contributed by atoms with E-state index in [1.165, 1.54) is 6.26 Å². The molecule has 1 aliphatic heterocycles. The van der Waals surface area contributed by atoms with Crippen molar-refractivity contribution in [3.8, 4) is 0 Å². The number of methoxy groups -OCH3 is 1. The van der Waals surface area contributed by atoms with Crippen LogP contribution < -0.4 is 4.72 Å². The van der Waals surface area contributed by atoms with Crippen LogP contribution in [-0.2, 0) is 19.6 Å². The molecule has 0 bridgehead atoms. The van der Waals surface area contributed by atoms with Gasteiger partial charge in [-0.3, -0.25) is 4.79 Å². The fourth-order valence-corrected chi connectivity index (χ4v) is 3.58. The fourth-order valence-electron chi connectivity index (χ4n) is 2.78. The lowest BCUT2D eigenvalue weighted by Crippen LogP contribution is -2.41. The molecule has 110 valence electrons. The lowest BCUT2D eigenvalue weighted by molar-refractivity contribution is -0.131.